The zero-order chi connectivity index (χ0) is 21.4. The molecule has 2 atom stereocenters. The summed E-state index contributed by atoms with van der Waals surface area (Å²) in [5.41, 5.74) is 4.31. The average molecular weight is 383 g/mol. The first-order chi connectivity index (χ1) is 13.3. The number of hydrogen-bond acceptors (Lipinski definition) is 1. The van der Waals surface area contributed by atoms with Crippen molar-refractivity contribution in [3.05, 3.63) is 45.5 Å². The molecule has 0 radical (unpaired) electrons. The molecular weight excluding hydrogens is 344 g/mol. The highest BCUT2D eigenvalue weighted by molar-refractivity contribution is 5.94. The number of amides is 1. The van der Waals surface area contributed by atoms with Crippen LogP contribution in [0.4, 0.5) is 0 Å². The van der Waals surface area contributed by atoms with Crippen LogP contribution in [-0.4, -0.2) is 17.4 Å². The van der Waals surface area contributed by atoms with Gasteiger partial charge in [-0.15, -0.1) is 0 Å². The molecule has 0 saturated heterocycles. The van der Waals surface area contributed by atoms with Crippen molar-refractivity contribution in [3.63, 3.8) is 0 Å². The van der Waals surface area contributed by atoms with Gasteiger partial charge in [0.25, 0.3) is 0 Å². The molecule has 0 aliphatic carbocycles. The molecule has 1 aromatic carbocycles. The van der Waals surface area contributed by atoms with Gasteiger partial charge in [-0.1, -0.05) is 64.5 Å². The van der Waals surface area contributed by atoms with Crippen molar-refractivity contribution in [2.75, 3.05) is 6.54 Å². The first kappa shape index (κ1) is 23.7. The van der Waals surface area contributed by atoms with Gasteiger partial charge in [0.1, 0.15) is 0 Å². The second-order valence-corrected chi connectivity index (χ2v) is 7.55. The topological polar surface area (TPSA) is 44.9 Å². The van der Waals surface area contributed by atoms with E-state index in [0.29, 0.717) is 6.54 Å². The number of carbonyl (C=O) groups excluding carboxylic acids is 1. The van der Waals surface area contributed by atoms with E-state index in [1.165, 1.54) is 10.9 Å². The average Bonchev–Trinajstić information content (AvgIpc) is 2.96. The minimum atomic E-state index is 0.0595. The Labute approximate surface area is 170 Å². The molecule has 2 N–H and O–H groups in total. The van der Waals surface area contributed by atoms with E-state index in [0.717, 1.165) is 33.7 Å². The van der Waals surface area contributed by atoms with Crippen LogP contribution in [0.1, 0.15) is 60.5 Å². The summed E-state index contributed by atoms with van der Waals surface area (Å²) >= 11 is 0. The molecule has 0 saturated carbocycles. The lowest BCUT2D eigenvalue weighted by Gasteiger charge is -2.21. The Morgan fingerprint density at radius 2 is 1.89 bits per heavy atom. The Balaban J connectivity index is 0.00000190. The number of fused-ring (bicyclic) bond motifs is 1. The quantitative estimate of drug-likeness (QED) is 0.691. The van der Waals surface area contributed by atoms with E-state index in [1.807, 2.05) is 27.7 Å². The molecule has 3 heteroatoms. The number of aromatic amines is 1. The van der Waals surface area contributed by atoms with Gasteiger partial charge in [0.05, 0.1) is 0 Å². The first-order valence-corrected chi connectivity index (χ1v) is 10.5. The maximum Gasteiger partial charge on any atom is 0.247 e. The summed E-state index contributed by atoms with van der Waals surface area (Å²) in [5.74, 6) is 0.405. The van der Waals surface area contributed by atoms with Crippen molar-refractivity contribution in [1.29, 1.82) is 0 Å². The lowest BCUT2D eigenvalue weighted by molar-refractivity contribution is -0.118. The zero-order valence-electron chi connectivity index (χ0n) is 19.0. The Morgan fingerprint density at radius 1 is 1.25 bits per heavy atom. The fourth-order valence-electron chi connectivity index (χ4n) is 3.47. The van der Waals surface area contributed by atoms with Crippen LogP contribution in [0.15, 0.2) is 29.3 Å². The summed E-state index contributed by atoms with van der Waals surface area (Å²) in [4.78, 5) is 16.0. The van der Waals surface area contributed by atoms with E-state index >= 15 is 0 Å². The van der Waals surface area contributed by atoms with E-state index in [1.54, 1.807) is 0 Å². The molecule has 0 bridgehead atoms. The van der Waals surface area contributed by atoms with Gasteiger partial charge in [0.15, 0.2) is 0 Å². The number of aromatic nitrogens is 1. The Morgan fingerprint density at radius 3 is 2.46 bits per heavy atom. The summed E-state index contributed by atoms with van der Waals surface area (Å²) in [6.45, 7) is 21.4. The van der Waals surface area contributed by atoms with Crippen molar-refractivity contribution in [1.82, 2.24) is 10.3 Å². The molecule has 0 aliphatic heterocycles. The van der Waals surface area contributed by atoms with Crippen LogP contribution in [0.2, 0.25) is 0 Å². The van der Waals surface area contributed by atoms with E-state index in [9.17, 15) is 4.79 Å². The number of allylic oxidation sites excluding steroid dienone is 1. The fourth-order valence-corrected chi connectivity index (χ4v) is 3.47. The predicted octanol–water partition coefficient (Wildman–Crippen LogP) is 4.83. The molecule has 3 nitrogen and oxygen atoms in total. The van der Waals surface area contributed by atoms with E-state index < -0.39 is 0 Å². The van der Waals surface area contributed by atoms with Crippen LogP contribution >= 0.6 is 0 Å². The minimum absolute atomic E-state index is 0.0595. The second kappa shape index (κ2) is 10.9. The van der Waals surface area contributed by atoms with Gasteiger partial charge in [-0.2, -0.15) is 0 Å². The van der Waals surface area contributed by atoms with Crippen LogP contribution in [-0.2, 0) is 4.79 Å². The number of rotatable bonds is 6. The number of carbonyl (C=O) groups is 1. The van der Waals surface area contributed by atoms with Crippen LogP contribution in [0.5, 0.6) is 0 Å². The van der Waals surface area contributed by atoms with Gasteiger partial charge in [-0.3, -0.25) is 4.79 Å². The third-order valence-corrected chi connectivity index (χ3v) is 5.07. The van der Waals surface area contributed by atoms with Gasteiger partial charge in [-0.05, 0) is 51.2 Å². The van der Waals surface area contributed by atoms with Gasteiger partial charge < -0.3 is 10.3 Å². The number of hydrogen-bond donors (Lipinski definition) is 2. The monoisotopic (exact) mass is 382 g/mol. The van der Waals surface area contributed by atoms with Crippen molar-refractivity contribution < 1.29 is 4.79 Å². The van der Waals surface area contributed by atoms with Gasteiger partial charge in [0.2, 0.25) is 5.91 Å². The van der Waals surface area contributed by atoms with Gasteiger partial charge >= 0.3 is 0 Å². The number of nitrogens with one attached hydrogen (secondary N) is 2. The molecule has 154 valence electrons. The number of H-pyrrole nitrogens is 1. The highest BCUT2D eigenvalue weighted by Gasteiger charge is 2.22. The number of aryl methyl sites for hydroxylation is 1. The molecule has 2 unspecified atom stereocenters. The Bertz CT molecular complexity index is 929. The van der Waals surface area contributed by atoms with Crippen molar-refractivity contribution in [2.45, 2.75) is 61.8 Å². The molecule has 1 aromatic heterocycles. The predicted molar refractivity (Wildman–Crippen MR) is 124 cm³/mol. The summed E-state index contributed by atoms with van der Waals surface area (Å²) in [7, 11) is 0. The van der Waals surface area contributed by atoms with E-state index in [-0.39, 0.29) is 17.7 Å². The van der Waals surface area contributed by atoms with Crippen molar-refractivity contribution in [3.8, 4) is 0 Å². The molecular formula is C25H38N2O. The largest absolute Gasteiger partial charge is 0.355 e. The Kier molecular flexibility index (Phi) is 9.24. The fraction of sp³-hybridized carbons (Fsp3) is 0.480. The third-order valence-electron chi connectivity index (χ3n) is 5.07. The summed E-state index contributed by atoms with van der Waals surface area (Å²) in [5, 5.41) is 6.30. The molecule has 2 aromatic rings. The Hall–Kier alpha value is -2.29. The molecule has 2 rings (SSSR count). The zero-order valence-corrected chi connectivity index (χ0v) is 19.0. The van der Waals surface area contributed by atoms with Crippen LogP contribution in [0.3, 0.4) is 0 Å². The first-order valence-electron chi connectivity index (χ1n) is 10.5. The smallest absolute Gasteiger partial charge is 0.247 e. The van der Waals surface area contributed by atoms with E-state index in [4.69, 9.17) is 0 Å². The molecule has 1 heterocycles. The SMILES string of the molecule is C=c1[nH]c2ccc(C)cc2/c1=C/C(C)C(C)C(C(=O)NCCC)=C(C)C.CC. The molecule has 0 spiro atoms. The maximum absolute atomic E-state index is 12.6. The van der Waals surface area contributed by atoms with Crippen LogP contribution in [0, 0.1) is 18.8 Å². The lowest BCUT2D eigenvalue weighted by Crippen LogP contribution is -2.31. The van der Waals surface area contributed by atoms with Crippen molar-refractivity contribution in [2.24, 2.45) is 11.8 Å². The highest BCUT2D eigenvalue weighted by Crippen LogP contribution is 2.25. The lowest BCUT2D eigenvalue weighted by atomic mass is 9.85. The van der Waals surface area contributed by atoms with Gasteiger partial charge in [0, 0.05) is 33.6 Å². The van der Waals surface area contributed by atoms with Crippen molar-refractivity contribution >= 4 is 29.5 Å². The van der Waals surface area contributed by atoms with Crippen LogP contribution < -0.4 is 15.9 Å². The standard InChI is InChI=1S/C23H32N2O.C2H6/c1-8-11-24-23(26)22(14(2)3)17(6)16(5)13-19-18(7)25-21-10-9-15(4)12-20(19)21;1-2/h9-10,12-13,16-17,25H,7-8,11H2,1-6H3,(H,24,26);1-2H3/b19-13+;. The summed E-state index contributed by atoms with van der Waals surface area (Å²) < 4.78 is 0. The normalized spacial score (nSPS) is 13.5. The van der Waals surface area contributed by atoms with Crippen LogP contribution in [0.25, 0.3) is 23.6 Å². The third kappa shape index (κ3) is 5.60. The molecule has 1 amide bonds. The summed E-state index contributed by atoms with van der Waals surface area (Å²) in [6.07, 6.45) is 3.19. The highest BCUT2D eigenvalue weighted by atomic mass is 16.1. The molecule has 0 fully saturated rings. The van der Waals surface area contributed by atoms with Gasteiger partial charge in [-0.25, -0.2) is 0 Å². The maximum atomic E-state index is 12.6. The molecule has 28 heavy (non-hydrogen) atoms. The number of benzene rings is 1. The minimum Gasteiger partial charge on any atom is -0.355 e. The van der Waals surface area contributed by atoms with E-state index in [2.05, 4.69) is 68.8 Å². The summed E-state index contributed by atoms with van der Waals surface area (Å²) in [6, 6.07) is 6.40. The molecule has 0 aliphatic rings. The second-order valence-electron chi connectivity index (χ2n) is 7.55.